The first-order valence-corrected chi connectivity index (χ1v) is 9.10. The number of methoxy groups -OCH3 is 1. The van der Waals surface area contributed by atoms with Gasteiger partial charge < -0.3 is 9.30 Å². The number of allylic oxidation sites excluding steroid dienone is 1. The molecule has 1 aromatic heterocycles. The number of para-hydroxylation sites is 2. The van der Waals surface area contributed by atoms with Crippen LogP contribution in [0.2, 0.25) is 0 Å². The Kier molecular flexibility index (Phi) is 5.02. The highest BCUT2D eigenvalue weighted by atomic mass is 16.5. The number of fused-ring (bicyclic) bond motifs is 1. The molecular formula is C24H20N2O2. The van der Waals surface area contributed by atoms with Gasteiger partial charge in [0.15, 0.2) is 5.78 Å². The van der Waals surface area contributed by atoms with Gasteiger partial charge in [0.2, 0.25) is 0 Å². The van der Waals surface area contributed by atoms with Crippen molar-refractivity contribution >= 4 is 22.9 Å². The number of rotatable bonds is 6. The van der Waals surface area contributed by atoms with Crippen molar-refractivity contribution in [3.63, 3.8) is 0 Å². The third kappa shape index (κ3) is 3.71. The summed E-state index contributed by atoms with van der Waals surface area (Å²) in [5, 5.41) is 0. The van der Waals surface area contributed by atoms with Crippen LogP contribution in [0.3, 0.4) is 0 Å². The highest BCUT2D eigenvalue weighted by Gasteiger charge is 2.10. The van der Waals surface area contributed by atoms with Gasteiger partial charge in [0.1, 0.15) is 11.6 Å². The van der Waals surface area contributed by atoms with Crippen LogP contribution in [0, 0.1) is 0 Å². The van der Waals surface area contributed by atoms with Crippen LogP contribution in [0.1, 0.15) is 21.7 Å². The van der Waals surface area contributed by atoms with Crippen molar-refractivity contribution in [1.82, 2.24) is 9.55 Å². The number of imidazole rings is 1. The number of carbonyl (C=O) groups is 1. The van der Waals surface area contributed by atoms with Crippen molar-refractivity contribution in [2.45, 2.75) is 6.54 Å². The highest BCUT2D eigenvalue weighted by Crippen LogP contribution is 2.20. The fraction of sp³-hybridized carbons (Fsp3) is 0.0833. The number of hydrogen-bond acceptors (Lipinski definition) is 3. The largest absolute Gasteiger partial charge is 0.497 e. The van der Waals surface area contributed by atoms with E-state index in [1.54, 1.807) is 31.4 Å². The van der Waals surface area contributed by atoms with Crippen molar-refractivity contribution < 1.29 is 9.53 Å². The molecule has 0 amide bonds. The van der Waals surface area contributed by atoms with E-state index in [1.807, 2.05) is 54.6 Å². The van der Waals surface area contributed by atoms with E-state index < -0.39 is 0 Å². The molecule has 0 saturated heterocycles. The molecule has 0 aliphatic carbocycles. The maximum Gasteiger partial charge on any atom is 0.186 e. The Morgan fingerprint density at radius 1 is 1.00 bits per heavy atom. The predicted molar refractivity (Wildman–Crippen MR) is 112 cm³/mol. The fourth-order valence-electron chi connectivity index (χ4n) is 3.18. The molecule has 0 bridgehead atoms. The smallest absolute Gasteiger partial charge is 0.186 e. The lowest BCUT2D eigenvalue weighted by atomic mass is 10.1. The van der Waals surface area contributed by atoms with Gasteiger partial charge in [-0.05, 0) is 42.0 Å². The number of benzene rings is 3. The second kappa shape index (κ2) is 7.92. The van der Waals surface area contributed by atoms with Gasteiger partial charge in [0.25, 0.3) is 0 Å². The summed E-state index contributed by atoms with van der Waals surface area (Å²) in [6.45, 7) is 0.689. The zero-order chi connectivity index (χ0) is 19.3. The third-order valence-corrected chi connectivity index (χ3v) is 4.61. The van der Waals surface area contributed by atoms with Gasteiger partial charge in [-0.15, -0.1) is 0 Å². The molecule has 1 heterocycles. The lowest BCUT2D eigenvalue weighted by molar-refractivity contribution is 0.104. The molecule has 0 radical (unpaired) electrons. The quantitative estimate of drug-likeness (QED) is 0.356. The molecule has 0 atom stereocenters. The lowest BCUT2D eigenvalue weighted by Crippen LogP contribution is -2.02. The van der Waals surface area contributed by atoms with Crippen LogP contribution in [-0.4, -0.2) is 22.4 Å². The summed E-state index contributed by atoms with van der Waals surface area (Å²) in [5.41, 5.74) is 3.72. The Morgan fingerprint density at radius 2 is 1.79 bits per heavy atom. The van der Waals surface area contributed by atoms with E-state index >= 15 is 0 Å². The molecule has 138 valence electrons. The number of hydrogen-bond donors (Lipinski definition) is 0. The van der Waals surface area contributed by atoms with Crippen molar-refractivity contribution in [2.24, 2.45) is 0 Å². The minimum atomic E-state index is -0.0859. The van der Waals surface area contributed by atoms with Gasteiger partial charge >= 0.3 is 0 Å². The van der Waals surface area contributed by atoms with Gasteiger partial charge in [-0.25, -0.2) is 4.98 Å². The average molecular weight is 368 g/mol. The van der Waals surface area contributed by atoms with Gasteiger partial charge in [-0.1, -0.05) is 54.6 Å². The Balaban J connectivity index is 1.68. The predicted octanol–water partition coefficient (Wildman–Crippen LogP) is 4.99. The molecule has 0 fully saturated rings. The van der Waals surface area contributed by atoms with Gasteiger partial charge in [0, 0.05) is 12.1 Å². The molecular weight excluding hydrogens is 348 g/mol. The molecule has 0 spiro atoms. The second-order valence-electron chi connectivity index (χ2n) is 6.46. The van der Waals surface area contributed by atoms with Crippen LogP contribution < -0.4 is 4.74 Å². The average Bonchev–Trinajstić information content (AvgIpc) is 3.10. The van der Waals surface area contributed by atoms with Crippen LogP contribution >= 0.6 is 0 Å². The summed E-state index contributed by atoms with van der Waals surface area (Å²) in [7, 11) is 1.59. The first-order valence-electron chi connectivity index (χ1n) is 9.10. The standard InChI is InChI=1S/C24H20N2O2/c1-28-20-11-7-10-19(16-20)23(27)14-15-24-25-21-12-5-6-13-22(21)26(24)17-18-8-3-2-4-9-18/h2-16H,17H2,1H3/b15-14-. The summed E-state index contributed by atoms with van der Waals surface area (Å²) in [4.78, 5) is 17.3. The summed E-state index contributed by atoms with van der Waals surface area (Å²) in [6, 6.07) is 25.4. The number of ether oxygens (including phenoxy) is 1. The van der Waals surface area contributed by atoms with Crippen molar-refractivity contribution in [3.05, 3.63) is 102 Å². The van der Waals surface area contributed by atoms with E-state index in [4.69, 9.17) is 9.72 Å². The minimum Gasteiger partial charge on any atom is -0.497 e. The molecule has 4 aromatic rings. The van der Waals surface area contributed by atoms with Crippen molar-refractivity contribution in [2.75, 3.05) is 7.11 Å². The second-order valence-corrected chi connectivity index (χ2v) is 6.46. The Labute approximate surface area is 163 Å². The van der Waals surface area contributed by atoms with Gasteiger partial charge in [-0.3, -0.25) is 4.79 Å². The number of aromatic nitrogens is 2. The first-order chi connectivity index (χ1) is 13.7. The fourth-order valence-corrected chi connectivity index (χ4v) is 3.18. The van der Waals surface area contributed by atoms with E-state index in [1.165, 1.54) is 5.56 Å². The summed E-state index contributed by atoms with van der Waals surface area (Å²) in [6.07, 6.45) is 3.35. The molecule has 0 unspecified atom stereocenters. The number of nitrogens with zero attached hydrogens (tertiary/aromatic N) is 2. The molecule has 4 heteroatoms. The maximum atomic E-state index is 12.6. The zero-order valence-electron chi connectivity index (χ0n) is 15.6. The summed E-state index contributed by atoms with van der Waals surface area (Å²) >= 11 is 0. The van der Waals surface area contributed by atoms with E-state index in [-0.39, 0.29) is 5.78 Å². The van der Waals surface area contributed by atoms with Crippen LogP contribution in [0.5, 0.6) is 5.75 Å². The minimum absolute atomic E-state index is 0.0859. The molecule has 28 heavy (non-hydrogen) atoms. The van der Waals surface area contributed by atoms with Crippen LogP contribution in [0.15, 0.2) is 84.9 Å². The Bertz CT molecular complexity index is 1140. The van der Waals surface area contributed by atoms with E-state index in [0.717, 1.165) is 16.9 Å². The number of carbonyl (C=O) groups excluding carboxylic acids is 1. The molecule has 0 saturated carbocycles. The van der Waals surface area contributed by atoms with Crippen LogP contribution in [0.25, 0.3) is 17.1 Å². The van der Waals surface area contributed by atoms with Crippen molar-refractivity contribution in [1.29, 1.82) is 0 Å². The topological polar surface area (TPSA) is 44.1 Å². The molecule has 4 rings (SSSR count). The highest BCUT2D eigenvalue weighted by molar-refractivity contribution is 6.07. The molecule has 0 N–H and O–H groups in total. The molecule has 0 aliphatic heterocycles. The van der Waals surface area contributed by atoms with E-state index in [9.17, 15) is 4.79 Å². The molecule has 3 aromatic carbocycles. The van der Waals surface area contributed by atoms with Crippen molar-refractivity contribution in [3.8, 4) is 5.75 Å². The lowest BCUT2D eigenvalue weighted by Gasteiger charge is -2.07. The monoisotopic (exact) mass is 368 g/mol. The van der Waals surface area contributed by atoms with Gasteiger partial charge in [0.05, 0.1) is 18.1 Å². The van der Waals surface area contributed by atoms with Crippen LogP contribution in [-0.2, 0) is 6.54 Å². The van der Waals surface area contributed by atoms with Gasteiger partial charge in [-0.2, -0.15) is 0 Å². The summed E-state index contributed by atoms with van der Waals surface area (Å²) in [5.74, 6) is 1.33. The van der Waals surface area contributed by atoms with Crippen LogP contribution in [0.4, 0.5) is 0 Å². The third-order valence-electron chi connectivity index (χ3n) is 4.61. The van der Waals surface area contributed by atoms with E-state index in [2.05, 4.69) is 16.7 Å². The Morgan fingerprint density at radius 3 is 2.61 bits per heavy atom. The SMILES string of the molecule is COc1cccc(C(=O)/C=C\c2nc3ccccc3n2Cc2ccccc2)c1. The summed E-state index contributed by atoms with van der Waals surface area (Å²) < 4.78 is 7.33. The normalized spacial score (nSPS) is 11.2. The number of ketones is 1. The molecule has 0 aliphatic rings. The maximum absolute atomic E-state index is 12.6. The first kappa shape index (κ1) is 17.7. The van der Waals surface area contributed by atoms with E-state index in [0.29, 0.717) is 17.9 Å². The Hall–Kier alpha value is -3.66. The zero-order valence-corrected chi connectivity index (χ0v) is 15.6. The molecule has 4 nitrogen and oxygen atoms in total.